The van der Waals surface area contributed by atoms with Gasteiger partial charge in [-0.05, 0) is 24.3 Å². The van der Waals surface area contributed by atoms with E-state index < -0.39 is 6.03 Å². The molecule has 2 aromatic rings. The van der Waals surface area contributed by atoms with E-state index in [1.54, 1.807) is 36.4 Å². The molecule has 0 heterocycles. The van der Waals surface area contributed by atoms with Crippen LogP contribution in [0.2, 0.25) is 0 Å². The first kappa shape index (κ1) is 18.6. The van der Waals surface area contributed by atoms with Crippen LogP contribution in [0.3, 0.4) is 0 Å². The Kier molecular flexibility index (Phi) is 6.38. The van der Waals surface area contributed by atoms with Crippen LogP contribution in [-0.4, -0.2) is 42.9 Å². The van der Waals surface area contributed by atoms with Crippen LogP contribution in [0.15, 0.2) is 46.6 Å². The van der Waals surface area contributed by atoms with E-state index in [1.807, 2.05) is 0 Å². The SMILES string of the molecule is COc1cccc(/C=N\NC(=O)N/N=C\c2cccc(OC)c2O)c1O. The number of methoxy groups -OCH3 is 2. The number of phenolic OH excluding ortho intramolecular Hbond substituents is 2. The lowest BCUT2D eigenvalue weighted by molar-refractivity contribution is 0.242. The molecule has 0 saturated heterocycles. The smallest absolute Gasteiger partial charge is 0.355 e. The van der Waals surface area contributed by atoms with Gasteiger partial charge in [-0.3, -0.25) is 0 Å². The van der Waals surface area contributed by atoms with Gasteiger partial charge in [0.1, 0.15) is 0 Å². The summed E-state index contributed by atoms with van der Waals surface area (Å²) in [6.45, 7) is 0. The summed E-state index contributed by atoms with van der Waals surface area (Å²) in [7, 11) is 2.86. The van der Waals surface area contributed by atoms with Crippen molar-refractivity contribution in [3.63, 3.8) is 0 Å². The predicted molar refractivity (Wildman–Crippen MR) is 96.2 cm³/mol. The zero-order valence-electron chi connectivity index (χ0n) is 14.1. The number of aromatic hydroxyl groups is 2. The molecule has 136 valence electrons. The van der Waals surface area contributed by atoms with E-state index in [2.05, 4.69) is 21.1 Å². The number of urea groups is 1. The molecule has 0 aromatic heterocycles. The fourth-order valence-electron chi connectivity index (χ4n) is 1.96. The van der Waals surface area contributed by atoms with Crippen LogP contribution in [0.25, 0.3) is 0 Å². The molecule has 0 aliphatic heterocycles. The molecule has 0 unspecified atom stereocenters. The number of hydrogen-bond acceptors (Lipinski definition) is 7. The first-order valence-electron chi connectivity index (χ1n) is 7.41. The summed E-state index contributed by atoms with van der Waals surface area (Å²) < 4.78 is 9.95. The number of nitrogens with one attached hydrogen (secondary N) is 2. The molecule has 0 radical (unpaired) electrons. The summed E-state index contributed by atoms with van der Waals surface area (Å²) in [5, 5.41) is 27.2. The average molecular weight is 358 g/mol. The first-order valence-corrected chi connectivity index (χ1v) is 7.41. The Morgan fingerprint density at radius 3 is 1.69 bits per heavy atom. The fourth-order valence-corrected chi connectivity index (χ4v) is 1.96. The second-order valence-electron chi connectivity index (χ2n) is 4.87. The van der Waals surface area contributed by atoms with Crippen molar-refractivity contribution in [1.82, 2.24) is 10.9 Å². The Hall–Kier alpha value is -3.75. The van der Waals surface area contributed by atoms with E-state index in [9.17, 15) is 15.0 Å². The quantitative estimate of drug-likeness (QED) is 0.463. The highest BCUT2D eigenvalue weighted by atomic mass is 16.5. The maximum Gasteiger partial charge on any atom is 0.355 e. The number of nitrogens with zero attached hydrogens (tertiary/aromatic N) is 2. The molecule has 4 N–H and O–H groups in total. The van der Waals surface area contributed by atoms with Crippen LogP contribution in [0.4, 0.5) is 4.79 Å². The van der Waals surface area contributed by atoms with Crippen LogP contribution in [0, 0.1) is 0 Å². The molecule has 2 rings (SSSR count). The Bertz CT molecular complexity index is 768. The predicted octanol–water partition coefficient (Wildman–Crippen LogP) is 1.78. The zero-order valence-corrected chi connectivity index (χ0v) is 14.1. The molecule has 0 aliphatic carbocycles. The Morgan fingerprint density at radius 2 is 1.31 bits per heavy atom. The molecule has 2 aromatic carbocycles. The summed E-state index contributed by atoms with van der Waals surface area (Å²) in [6, 6.07) is 9.03. The number of carbonyl (C=O) groups is 1. The number of hydrazone groups is 2. The van der Waals surface area contributed by atoms with Crippen molar-refractivity contribution in [3.8, 4) is 23.0 Å². The van der Waals surface area contributed by atoms with Crippen LogP contribution >= 0.6 is 0 Å². The third-order valence-corrected chi connectivity index (χ3v) is 3.24. The number of carbonyl (C=O) groups excluding carboxylic acids is 1. The summed E-state index contributed by atoms with van der Waals surface area (Å²) in [6.07, 6.45) is 2.52. The Balaban J connectivity index is 1.92. The summed E-state index contributed by atoms with van der Waals surface area (Å²) >= 11 is 0. The number of ether oxygens (including phenoxy) is 2. The third-order valence-electron chi connectivity index (χ3n) is 3.24. The number of phenols is 2. The monoisotopic (exact) mass is 358 g/mol. The van der Waals surface area contributed by atoms with Crippen molar-refractivity contribution < 1.29 is 24.5 Å². The highest BCUT2D eigenvalue weighted by Gasteiger charge is 2.06. The number of para-hydroxylation sites is 2. The van der Waals surface area contributed by atoms with Gasteiger partial charge in [0.15, 0.2) is 23.0 Å². The highest BCUT2D eigenvalue weighted by Crippen LogP contribution is 2.28. The van der Waals surface area contributed by atoms with Crippen molar-refractivity contribution >= 4 is 18.5 Å². The lowest BCUT2D eigenvalue weighted by Gasteiger charge is -2.05. The van der Waals surface area contributed by atoms with Gasteiger partial charge < -0.3 is 19.7 Å². The minimum Gasteiger partial charge on any atom is -0.504 e. The molecule has 0 atom stereocenters. The molecular weight excluding hydrogens is 340 g/mol. The van der Waals surface area contributed by atoms with E-state index >= 15 is 0 Å². The van der Waals surface area contributed by atoms with Gasteiger partial charge in [0, 0.05) is 11.1 Å². The molecule has 0 fully saturated rings. The third kappa shape index (κ3) is 4.63. The minimum absolute atomic E-state index is 0.0903. The molecule has 0 saturated carbocycles. The van der Waals surface area contributed by atoms with Crippen LogP contribution in [0.5, 0.6) is 23.0 Å². The number of hydrogen-bond donors (Lipinski definition) is 4. The van der Waals surface area contributed by atoms with Gasteiger partial charge in [-0.2, -0.15) is 10.2 Å². The van der Waals surface area contributed by atoms with Gasteiger partial charge in [0.2, 0.25) is 0 Å². The lowest BCUT2D eigenvalue weighted by Crippen LogP contribution is -2.28. The van der Waals surface area contributed by atoms with Gasteiger partial charge in [0.25, 0.3) is 0 Å². The van der Waals surface area contributed by atoms with Crippen LogP contribution in [-0.2, 0) is 0 Å². The standard InChI is InChI=1S/C17H18N4O5/c1-25-13-7-3-5-11(15(13)22)9-18-20-17(24)21-19-10-12-6-4-8-14(26-2)16(12)23/h3-10,22-23H,1-2H3,(H2,20,21,24)/b18-9-,19-10-. The molecular formula is C17H18N4O5. The Morgan fingerprint density at radius 1 is 0.885 bits per heavy atom. The van der Waals surface area contributed by atoms with Crippen molar-refractivity contribution in [2.45, 2.75) is 0 Å². The molecule has 26 heavy (non-hydrogen) atoms. The van der Waals surface area contributed by atoms with E-state index in [0.29, 0.717) is 22.6 Å². The molecule has 0 aliphatic rings. The molecule has 9 heteroatoms. The van der Waals surface area contributed by atoms with Gasteiger partial charge in [-0.25, -0.2) is 15.6 Å². The second-order valence-corrected chi connectivity index (χ2v) is 4.87. The average Bonchev–Trinajstić information content (AvgIpc) is 2.64. The van der Waals surface area contributed by atoms with Gasteiger partial charge in [-0.15, -0.1) is 0 Å². The molecule has 2 amide bonds. The lowest BCUT2D eigenvalue weighted by atomic mass is 10.2. The molecule has 0 bridgehead atoms. The van der Waals surface area contributed by atoms with Gasteiger partial charge in [-0.1, -0.05) is 12.1 Å². The minimum atomic E-state index is -0.706. The van der Waals surface area contributed by atoms with E-state index in [1.165, 1.54) is 26.6 Å². The summed E-state index contributed by atoms with van der Waals surface area (Å²) in [4.78, 5) is 11.6. The van der Waals surface area contributed by atoms with E-state index in [0.717, 1.165) is 0 Å². The Labute approximate surface area is 149 Å². The van der Waals surface area contributed by atoms with E-state index in [-0.39, 0.29) is 11.5 Å². The number of benzene rings is 2. The van der Waals surface area contributed by atoms with Crippen molar-refractivity contribution in [3.05, 3.63) is 47.5 Å². The maximum absolute atomic E-state index is 11.6. The maximum atomic E-state index is 11.6. The largest absolute Gasteiger partial charge is 0.504 e. The van der Waals surface area contributed by atoms with Gasteiger partial charge >= 0.3 is 6.03 Å². The highest BCUT2D eigenvalue weighted by molar-refractivity contribution is 5.87. The normalized spacial score (nSPS) is 10.8. The van der Waals surface area contributed by atoms with Crippen LogP contribution < -0.4 is 20.3 Å². The molecule has 0 spiro atoms. The van der Waals surface area contributed by atoms with E-state index in [4.69, 9.17) is 9.47 Å². The fraction of sp³-hybridized carbons (Fsp3) is 0.118. The number of rotatable bonds is 6. The second kappa shape index (κ2) is 8.92. The zero-order chi connectivity index (χ0) is 18.9. The topological polar surface area (TPSA) is 125 Å². The van der Waals surface area contributed by atoms with Crippen molar-refractivity contribution in [2.75, 3.05) is 14.2 Å². The van der Waals surface area contributed by atoms with Crippen molar-refractivity contribution in [2.24, 2.45) is 10.2 Å². The summed E-state index contributed by atoms with van der Waals surface area (Å²) in [5.41, 5.74) is 5.11. The van der Waals surface area contributed by atoms with Crippen molar-refractivity contribution in [1.29, 1.82) is 0 Å². The summed E-state index contributed by atoms with van der Waals surface area (Å²) in [5.74, 6) is 0.405. The van der Waals surface area contributed by atoms with Gasteiger partial charge in [0.05, 0.1) is 26.6 Å². The first-order chi connectivity index (χ1) is 12.6. The van der Waals surface area contributed by atoms with Crippen LogP contribution in [0.1, 0.15) is 11.1 Å². The number of amides is 2. The molecule has 9 nitrogen and oxygen atoms in total.